The fourth-order valence-corrected chi connectivity index (χ4v) is 3.48. The van der Waals surface area contributed by atoms with E-state index in [4.69, 9.17) is 14.0 Å². The molecule has 0 bridgehead atoms. The number of nitrogens with zero attached hydrogens (tertiary/aromatic N) is 5. The van der Waals surface area contributed by atoms with E-state index in [1.165, 1.54) is 11.6 Å². The van der Waals surface area contributed by atoms with Crippen LogP contribution in [0, 0.1) is 0 Å². The first-order valence-corrected chi connectivity index (χ1v) is 10.3. The Labute approximate surface area is 192 Å². The van der Waals surface area contributed by atoms with Gasteiger partial charge in [0.05, 0.1) is 7.11 Å². The van der Waals surface area contributed by atoms with Crippen LogP contribution in [0.3, 0.4) is 0 Å². The Kier molecular flexibility index (Phi) is 5.21. The second-order valence-corrected chi connectivity index (χ2v) is 7.55. The van der Waals surface area contributed by atoms with Gasteiger partial charge in [0.15, 0.2) is 12.3 Å². The predicted molar refractivity (Wildman–Crippen MR) is 123 cm³/mol. The van der Waals surface area contributed by atoms with Gasteiger partial charge >= 0.3 is 5.69 Å². The Morgan fingerprint density at radius 3 is 2.29 bits per heavy atom. The van der Waals surface area contributed by atoms with Crippen LogP contribution in [-0.4, -0.2) is 36.4 Å². The molecule has 3 heterocycles. The third-order valence-electron chi connectivity index (χ3n) is 5.40. The van der Waals surface area contributed by atoms with Crippen molar-refractivity contribution in [3.8, 4) is 34.3 Å². The zero-order valence-corrected chi connectivity index (χ0v) is 18.6. The van der Waals surface area contributed by atoms with E-state index in [-0.39, 0.29) is 12.1 Å². The summed E-state index contributed by atoms with van der Waals surface area (Å²) in [5.74, 6) is 2.61. The van der Waals surface area contributed by atoms with Gasteiger partial charge in [-0.15, -0.1) is 0 Å². The molecule has 11 heteroatoms. The van der Waals surface area contributed by atoms with Crippen molar-refractivity contribution in [3.63, 3.8) is 0 Å². The monoisotopic (exact) mass is 460 g/mol. The van der Waals surface area contributed by atoms with Crippen LogP contribution in [0.25, 0.3) is 34.0 Å². The van der Waals surface area contributed by atoms with Gasteiger partial charge in [0.1, 0.15) is 22.8 Å². The van der Waals surface area contributed by atoms with Gasteiger partial charge in [0.2, 0.25) is 5.82 Å². The quantitative estimate of drug-likeness (QED) is 0.408. The number of methoxy groups -OCH3 is 1. The molecule has 5 aromatic rings. The van der Waals surface area contributed by atoms with E-state index in [0.717, 1.165) is 21.4 Å². The molecule has 0 aliphatic heterocycles. The van der Waals surface area contributed by atoms with Gasteiger partial charge < -0.3 is 19.0 Å². The number of rotatable bonds is 6. The second kappa shape index (κ2) is 8.35. The van der Waals surface area contributed by atoms with Crippen molar-refractivity contribution in [1.29, 1.82) is 0 Å². The smallest absolute Gasteiger partial charge is 0.332 e. The molecule has 0 aliphatic rings. The summed E-state index contributed by atoms with van der Waals surface area (Å²) in [7, 11) is 4.61. The van der Waals surface area contributed by atoms with Crippen molar-refractivity contribution in [2.75, 3.05) is 7.11 Å². The number of benzene rings is 2. The predicted octanol–water partition coefficient (Wildman–Crippen LogP) is 2.26. The molecule has 0 amide bonds. The molecule has 1 N–H and O–H groups in total. The van der Waals surface area contributed by atoms with Crippen LogP contribution >= 0.6 is 0 Å². The van der Waals surface area contributed by atoms with Crippen molar-refractivity contribution in [3.05, 3.63) is 75.2 Å². The zero-order valence-electron chi connectivity index (χ0n) is 18.6. The van der Waals surface area contributed by atoms with Crippen molar-refractivity contribution in [2.24, 2.45) is 14.1 Å². The number of ether oxygens (including phenoxy) is 2. The molecule has 2 aromatic carbocycles. The minimum atomic E-state index is -0.434. The van der Waals surface area contributed by atoms with Gasteiger partial charge in [-0.05, 0) is 48.5 Å². The van der Waals surface area contributed by atoms with Crippen molar-refractivity contribution in [1.82, 2.24) is 29.2 Å². The zero-order chi connectivity index (χ0) is 23.8. The van der Waals surface area contributed by atoms with Gasteiger partial charge in [-0.25, -0.2) is 9.78 Å². The van der Waals surface area contributed by atoms with E-state index in [1.807, 2.05) is 24.3 Å². The van der Waals surface area contributed by atoms with Gasteiger partial charge in [0.25, 0.3) is 11.4 Å². The van der Waals surface area contributed by atoms with Crippen LogP contribution < -0.4 is 20.7 Å². The summed E-state index contributed by atoms with van der Waals surface area (Å²) < 4.78 is 18.6. The van der Waals surface area contributed by atoms with Crippen LogP contribution in [0.15, 0.2) is 62.6 Å². The lowest BCUT2D eigenvalue weighted by molar-refractivity contribution is 0.287. The minimum absolute atomic E-state index is 0.127. The number of aromatic amines is 1. The Bertz CT molecular complexity index is 1590. The number of fused-ring (bicyclic) bond motifs is 1. The van der Waals surface area contributed by atoms with E-state index < -0.39 is 11.2 Å². The standard InChI is InChI=1S/C23H20N6O5/c1-28-20-18(22(30)29(2)23(28)31)25-19(26-20)13-4-10-16(11-5-13)33-12-17-24-21(34-27-17)14-6-8-15(32-3)9-7-14/h4-11H,12H2,1-3H3,(H,25,26). The maximum atomic E-state index is 12.4. The molecule has 0 saturated carbocycles. The Morgan fingerprint density at radius 1 is 0.912 bits per heavy atom. The largest absolute Gasteiger partial charge is 0.497 e. The maximum Gasteiger partial charge on any atom is 0.332 e. The summed E-state index contributed by atoms with van der Waals surface area (Å²) in [5, 5.41) is 3.95. The molecule has 0 atom stereocenters. The lowest BCUT2D eigenvalue weighted by Crippen LogP contribution is -2.36. The van der Waals surface area contributed by atoms with Crippen LogP contribution in [-0.2, 0) is 20.7 Å². The molecule has 34 heavy (non-hydrogen) atoms. The van der Waals surface area contributed by atoms with Crippen LogP contribution in [0.4, 0.5) is 0 Å². The minimum Gasteiger partial charge on any atom is -0.497 e. The Morgan fingerprint density at radius 2 is 1.59 bits per heavy atom. The van der Waals surface area contributed by atoms with Gasteiger partial charge in [-0.3, -0.25) is 13.9 Å². The third kappa shape index (κ3) is 3.72. The summed E-state index contributed by atoms with van der Waals surface area (Å²) in [5.41, 5.74) is 1.22. The molecule has 172 valence electrons. The van der Waals surface area contributed by atoms with E-state index in [9.17, 15) is 9.59 Å². The number of nitrogens with one attached hydrogen (secondary N) is 1. The molecule has 0 unspecified atom stereocenters. The lowest BCUT2D eigenvalue weighted by Gasteiger charge is -2.04. The summed E-state index contributed by atoms with van der Waals surface area (Å²) in [6.07, 6.45) is 0. The first kappa shape index (κ1) is 21.2. The molecule has 0 spiro atoms. The van der Waals surface area contributed by atoms with Crippen molar-refractivity contribution in [2.45, 2.75) is 6.61 Å². The average Bonchev–Trinajstić information content (AvgIpc) is 3.53. The third-order valence-corrected chi connectivity index (χ3v) is 5.40. The topological polar surface area (TPSA) is 130 Å². The first-order valence-electron chi connectivity index (χ1n) is 10.3. The molecular weight excluding hydrogens is 440 g/mol. The van der Waals surface area contributed by atoms with Gasteiger partial charge in [-0.1, -0.05) is 5.16 Å². The normalized spacial score (nSPS) is 11.1. The van der Waals surface area contributed by atoms with Crippen LogP contribution in [0.2, 0.25) is 0 Å². The van der Waals surface area contributed by atoms with Crippen LogP contribution in [0.5, 0.6) is 11.5 Å². The highest BCUT2D eigenvalue weighted by Crippen LogP contribution is 2.23. The molecule has 0 saturated heterocycles. The summed E-state index contributed by atoms with van der Waals surface area (Å²) >= 11 is 0. The highest BCUT2D eigenvalue weighted by molar-refractivity contribution is 5.75. The van der Waals surface area contributed by atoms with Crippen molar-refractivity contribution < 1.29 is 14.0 Å². The van der Waals surface area contributed by atoms with Gasteiger partial charge in [0, 0.05) is 25.2 Å². The summed E-state index contributed by atoms with van der Waals surface area (Å²) in [6, 6.07) is 14.4. The molecule has 0 fully saturated rings. The highest BCUT2D eigenvalue weighted by Gasteiger charge is 2.15. The summed E-state index contributed by atoms with van der Waals surface area (Å²) in [4.78, 5) is 36.3. The average molecular weight is 460 g/mol. The van der Waals surface area contributed by atoms with E-state index in [2.05, 4.69) is 20.1 Å². The van der Waals surface area contributed by atoms with E-state index in [1.54, 1.807) is 38.4 Å². The number of imidazole rings is 1. The van der Waals surface area contributed by atoms with Crippen LogP contribution in [0.1, 0.15) is 5.82 Å². The molecule has 0 aliphatic carbocycles. The number of hydrogen-bond donors (Lipinski definition) is 1. The molecule has 5 rings (SSSR count). The SMILES string of the molecule is COc1ccc(-c2nc(COc3ccc(-c4nc5c([nH]4)c(=O)n(C)c(=O)n5C)cc3)no2)cc1. The number of aromatic nitrogens is 6. The first-order chi connectivity index (χ1) is 16.4. The molecule has 3 aromatic heterocycles. The Balaban J connectivity index is 1.30. The fourth-order valence-electron chi connectivity index (χ4n) is 3.48. The molecular formula is C23H20N6O5. The van der Waals surface area contributed by atoms with E-state index in [0.29, 0.717) is 28.9 Å². The molecule has 0 radical (unpaired) electrons. The Hall–Kier alpha value is -4.67. The lowest BCUT2D eigenvalue weighted by atomic mass is 10.2. The summed E-state index contributed by atoms with van der Waals surface area (Å²) in [6.45, 7) is 0.127. The van der Waals surface area contributed by atoms with E-state index >= 15 is 0 Å². The molecule has 11 nitrogen and oxygen atoms in total. The number of H-pyrrole nitrogens is 1. The van der Waals surface area contributed by atoms with Gasteiger partial charge in [-0.2, -0.15) is 4.98 Å². The maximum absolute atomic E-state index is 12.4. The number of hydrogen-bond acceptors (Lipinski definition) is 8. The van der Waals surface area contributed by atoms with Crippen molar-refractivity contribution >= 4 is 11.2 Å². The second-order valence-electron chi connectivity index (χ2n) is 7.55. The number of aryl methyl sites for hydroxylation is 1. The fraction of sp³-hybridized carbons (Fsp3) is 0.174. The highest BCUT2D eigenvalue weighted by atomic mass is 16.5.